The Kier molecular flexibility index (Phi) is 3.67. The van der Waals surface area contributed by atoms with Gasteiger partial charge >= 0.3 is 0 Å². The molecule has 3 nitrogen and oxygen atoms in total. The summed E-state index contributed by atoms with van der Waals surface area (Å²) in [4.78, 5) is 4.42. The Labute approximate surface area is 103 Å². The first-order valence-corrected chi connectivity index (χ1v) is 6.35. The van der Waals surface area contributed by atoms with Crippen molar-refractivity contribution in [2.24, 2.45) is 10.7 Å². The van der Waals surface area contributed by atoms with Gasteiger partial charge in [-0.3, -0.25) is 4.99 Å². The van der Waals surface area contributed by atoms with Crippen molar-refractivity contribution in [1.82, 2.24) is 5.32 Å². The maximum Gasteiger partial charge on any atom is 0.188 e. The van der Waals surface area contributed by atoms with Gasteiger partial charge in [-0.25, -0.2) is 0 Å². The van der Waals surface area contributed by atoms with Gasteiger partial charge in [0, 0.05) is 18.5 Å². The van der Waals surface area contributed by atoms with Crippen molar-refractivity contribution in [2.45, 2.75) is 38.6 Å². The van der Waals surface area contributed by atoms with Crippen LogP contribution in [0.3, 0.4) is 0 Å². The van der Waals surface area contributed by atoms with Crippen LogP contribution in [0.1, 0.15) is 37.3 Å². The molecule has 0 amide bonds. The van der Waals surface area contributed by atoms with Crippen LogP contribution in [0.5, 0.6) is 0 Å². The highest BCUT2D eigenvalue weighted by Crippen LogP contribution is 2.34. The largest absolute Gasteiger partial charge is 0.370 e. The number of nitrogens with zero attached hydrogens (tertiary/aromatic N) is 1. The van der Waals surface area contributed by atoms with Crippen LogP contribution in [0.15, 0.2) is 29.3 Å². The Hall–Kier alpha value is -1.51. The van der Waals surface area contributed by atoms with Crippen LogP contribution >= 0.6 is 0 Å². The van der Waals surface area contributed by atoms with Crippen molar-refractivity contribution in [2.75, 3.05) is 6.54 Å². The first kappa shape index (κ1) is 12.0. The van der Waals surface area contributed by atoms with Crippen LogP contribution in [0.4, 0.5) is 0 Å². The lowest BCUT2D eigenvalue weighted by molar-refractivity contribution is 0.606. The fraction of sp³-hybridized carbons (Fsp3) is 0.500. The van der Waals surface area contributed by atoms with Crippen molar-refractivity contribution in [3.05, 3.63) is 35.4 Å². The molecule has 2 atom stereocenters. The lowest BCUT2D eigenvalue weighted by atomic mass is 9.78. The number of hydrogen-bond acceptors (Lipinski definition) is 1. The van der Waals surface area contributed by atoms with Gasteiger partial charge in [-0.2, -0.15) is 0 Å². The maximum absolute atomic E-state index is 5.84. The summed E-state index contributed by atoms with van der Waals surface area (Å²) >= 11 is 0. The smallest absolute Gasteiger partial charge is 0.188 e. The van der Waals surface area contributed by atoms with Crippen molar-refractivity contribution in [3.8, 4) is 0 Å². The molecule has 0 heterocycles. The molecule has 1 aromatic carbocycles. The van der Waals surface area contributed by atoms with Gasteiger partial charge in [0.2, 0.25) is 0 Å². The van der Waals surface area contributed by atoms with E-state index < -0.39 is 0 Å². The topological polar surface area (TPSA) is 50.4 Å². The zero-order valence-corrected chi connectivity index (χ0v) is 10.6. The SMILES string of the molecule is CCC(C)NC(N)=NCC1Cc2ccccc21. The Morgan fingerprint density at radius 1 is 1.53 bits per heavy atom. The number of benzene rings is 1. The monoisotopic (exact) mass is 231 g/mol. The molecule has 1 aliphatic rings. The number of hydrogen-bond donors (Lipinski definition) is 2. The molecule has 0 bridgehead atoms. The lowest BCUT2D eigenvalue weighted by Gasteiger charge is -2.28. The van der Waals surface area contributed by atoms with Crippen molar-refractivity contribution in [3.63, 3.8) is 0 Å². The molecule has 2 unspecified atom stereocenters. The van der Waals surface area contributed by atoms with Crippen LogP contribution in [-0.2, 0) is 6.42 Å². The zero-order chi connectivity index (χ0) is 12.3. The fourth-order valence-electron chi connectivity index (χ4n) is 2.13. The van der Waals surface area contributed by atoms with Crippen LogP contribution in [0, 0.1) is 0 Å². The minimum absolute atomic E-state index is 0.396. The predicted octanol–water partition coefficient (Wildman–Crippen LogP) is 2.03. The van der Waals surface area contributed by atoms with E-state index in [0.717, 1.165) is 19.4 Å². The van der Waals surface area contributed by atoms with Gasteiger partial charge in [0.15, 0.2) is 5.96 Å². The second-order valence-corrected chi connectivity index (χ2v) is 4.78. The van der Waals surface area contributed by atoms with Crippen molar-refractivity contribution in [1.29, 1.82) is 0 Å². The Bertz CT molecular complexity index is 412. The molecular formula is C14H21N3. The summed E-state index contributed by atoms with van der Waals surface area (Å²) in [7, 11) is 0. The maximum atomic E-state index is 5.84. The third kappa shape index (κ3) is 2.78. The highest BCUT2D eigenvalue weighted by molar-refractivity contribution is 5.78. The fourth-order valence-corrected chi connectivity index (χ4v) is 2.13. The highest BCUT2D eigenvalue weighted by Gasteiger charge is 2.24. The van der Waals surface area contributed by atoms with Gasteiger partial charge in [0.25, 0.3) is 0 Å². The van der Waals surface area contributed by atoms with Gasteiger partial charge in [0.05, 0.1) is 0 Å². The second-order valence-electron chi connectivity index (χ2n) is 4.78. The van der Waals surface area contributed by atoms with Crippen LogP contribution < -0.4 is 11.1 Å². The molecule has 2 rings (SSSR count). The highest BCUT2D eigenvalue weighted by atomic mass is 15.1. The van der Waals surface area contributed by atoms with Crippen molar-refractivity contribution >= 4 is 5.96 Å². The molecule has 3 N–H and O–H groups in total. The van der Waals surface area contributed by atoms with E-state index in [1.807, 2.05) is 0 Å². The number of rotatable bonds is 4. The molecule has 0 saturated carbocycles. The van der Waals surface area contributed by atoms with Gasteiger partial charge in [-0.15, -0.1) is 0 Å². The summed E-state index contributed by atoms with van der Waals surface area (Å²) < 4.78 is 0. The average Bonchev–Trinajstić information content (AvgIpc) is 2.30. The standard InChI is InChI=1S/C14H21N3/c1-3-10(2)17-14(15)16-9-12-8-11-6-4-5-7-13(11)12/h4-7,10,12H,3,8-9H2,1-2H3,(H3,15,16,17). The molecule has 0 aromatic heterocycles. The van der Waals surface area contributed by atoms with Gasteiger partial charge < -0.3 is 11.1 Å². The molecule has 1 aromatic rings. The molecule has 1 aliphatic carbocycles. The van der Waals surface area contributed by atoms with Crippen LogP contribution in [0.25, 0.3) is 0 Å². The number of aliphatic imine (C=N–C) groups is 1. The molecule has 0 fully saturated rings. The zero-order valence-electron chi connectivity index (χ0n) is 10.6. The van der Waals surface area contributed by atoms with Gasteiger partial charge in [0.1, 0.15) is 0 Å². The summed E-state index contributed by atoms with van der Waals surface area (Å²) in [5.41, 5.74) is 8.73. The molecule has 0 saturated heterocycles. The third-order valence-electron chi connectivity index (χ3n) is 3.45. The predicted molar refractivity (Wildman–Crippen MR) is 72.3 cm³/mol. The lowest BCUT2D eigenvalue weighted by Crippen LogP contribution is -2.38. The van der Waals surface area contributed by atoms with E-state index in [4.69, 9.17) is 5.73 Å². The summed E-state index contributed by atoms with van der Waals surface area (Å²) in [6.07, 6.45) is 2.19. The van der Waals surface area contributed by atoms with E-state index >= 15 is 0 Å². The van der Waals surface area contributed by atoms with Crippen LogP contribution in [0.2, 0.25) is 0 Å². The third-order valence-corrected chi connectivity index (χ3v) is 3.45. The Morgan fingerprint density at radius 2 is 2.29 bits per heavy atom. The molecule has 0 radical (unpaired) electrons. The van der Waals surface area contributed by atoms with Crippen molar-refractivity contribution < 1.29 is 0 Å². The minimum Gasteiger partial charge on any atom is -0.370 e. The Balaban J connectivity index is 1.86. The number of nitrogens with one attached hydrogen (secondary N) is 1. The summed E-state index contributed by atoms with van der Waals surface area (Å²) in [6, 6.07) is 8.97. The van der Waals surface area contributed by atoms with Crippen LogP contribution in [-0.4, -0.2) is 18.5 Å². The minimum atomic E-state index is 0.396. The average molecular weight is 231 g/mol. The number of nitrogens with two attached hydrogens (primary N) is 1. The van der Waals surface area contributed by atoms with E-state index in [0.29, 0.717) is 17.9 Å². The van der Waals surface area contributed by atoms with E-state index in [2.05, 4.69) is 48.4 Å². The summed E-state index contributed by atoms with van der Waals surface area (Å²) in [5, 5.41) is 3.18. The summed E-state index contributed by atoms with van der Waals surface area (Å²) in [5.74, 6) is 1.13. The Morgan fingerprint density at radius 3 is 3.00 bits per heavy atom. The molecule has 3 heteroatoms. The molecule has 0 aliphatic heterocycles. The first-order chi connectivity index (χ1) is 8.20. The van der Waals surface area contributed by atoms with E-state index in [-0.39, 0.29) is 0 Å². The molecular weight excluding hydrogens is 210 g/mol. The normalized spacial score (nSPS) is 20.4. The molecule has 17 heavy (non-hydrogen) atoms. The summed E-state index contributed by atoms with van der Waals surface area (Å²) in [6.45, 7) is 5.04. The van der Waals surface area contributed by atoms with Gasteiger partial charge in [-0.1, -0.05) is 31.2 Å². The van der Waals surface area contributed by atoms with Gasteiger partial charge in [-0.05, 0) is 30.9 Å². The van der Waals surface area contributed by atoms with E-state index in [9.17, 15) is 0 Å². The number of guanidine groups is 1. The first-order valence-electron chi connectivity index (χ1n) is 6.35. The van der Waals surface area contributed by atoms with E-state index in [1.165, 1.54) is 11.1 Å². The number of fused-ring (bicyclic) bond motifs is 1. The second kappa shape index (κ2) is 5.21. The quantitative estimate of drug-likeness (QED) is 0.615. The molecule has 0 spiro atoms. The molecule has 92 valence electrons. The van der Waals surface area contributed by atoms with E-state index in [1.54, 1.807) is 0 Å².